The lowest BCUT2D eigenvalue weighted by atomic mass is 9.80. The Hall–Kier alpha value is -8.78. The number of fused-ring (bicyclic) bond motifs is 3. The van der Waals surface area contributed by atoms with Crippen LogP contribution in [0.15, 0.2) is 25.3 Å². The lowest BCUT2D eigenvalue weighted by molar-refractivity contribution is -0.145. The standard InChI is InChI=1S/C37H60N6O7S.C35H58N6O7S.C31H53N7O7S/c1-7-17-38-33(46)31(44)26(20-23-13-11-14-23)39-32(45)30-28-25(37(28,5)6)21-43(30)34(47)29(24-15-9-8-10-16-24)41-35(48)40-27(36(2,3)4)22-42-18-12-19-51(42,49)50;1-10-15-36-30(44)27(42)23(18-21-13-11-14-21)37-29(43)26-25-22(35(25,8)9)19-41(26)31(45)28(34(5,6)7)39-32(46)38-24(33(2,3)4)20-40-16-12-17-49(40,47)48;1-29(2,3)20(16-37-13-12-33-46(37,44)45)35-28(43)36-24(30(4,5)6)27(42)38-15-18-21(31(18,7)8)22(38)26(41)34-19(23(39)25(32)40)14-17-10-9-11-17/h7,23-30H,1,8-22H2,2-6H3,(H,38,46)(H,39,45)(H2,40,41,48);10,21-26,28H,1,11-20H2,2-9H3,(H,36,44)(H,37,43)(H2,38,39,46);17-22,24,33H,9-16H2,1-8H3,(H2,32,40)(H,34,41)(H2,35,36,43)/t25-,26?,27+,28-,29-,30-;22-,23?,24+,25-,26-,28+;18-,19?,20+,21-,22-,24+/m000/s1. The maximum absolute atomic E-state index is 14.7. The van der Waals surface area contributed by atoms with E-state index < -0.39 is 213 Å². The smallest absolute Gasteiger partial charge is 0.315 e. The Morgan fingerprint density at radius 1 is 0.384 bits per heavy atom. The van der Waals surface area contributed by atoms with Crippen molar-refractivity contribution in [2.24, 2.45) is 108 Å². The van der Waals surface area contributed by atoms with E-state index in [0.717, 1.165) is 89.9 Å². The number of rotatable bonds is 38. The molecule has 0 aromatic carbocycles. The number of primary amides is 1. The van der Waals surface area contributed by atoms with Crippen LogP contribution in [0.4, 0.5) is 14.4 Å². The summed E-state index contributed by atoms with van der Waals surface area (Å²) in [4.78, 5) is 208. The zero-order valence-electron chi connectivity index (χ0n) is 90.2. The van der Waals surface area contributed by atoms with Crippen LogP contribution in [0.25, 0.3) is 0 Å². The average molecular weight is 2110 g/mol. The molecule has 18 atom stereocenters. The Morgan fingerprint density at radius 2 is 0.699 bits per heavy atom. The second-order valence-corrected chi connectivity index (χ2v) is 56.7. The molecule has 43 heteroatoms. The van der Waals surface area contributed by atoms with Gasteiger partial charge >= 0.3 is 18.1 Å². The van der Waals surface area contributed by atoms with Crippen molar-refractivity contribution >= 4 is 119 Å². The molecular formula is C103H171N19O21S3. The summed E-state index contributed by atoms with van der Waals surface area (Å²) in [6.07, 6.45) is 18.1. The molecule has 15 amide bonds. The molecular weight excluding hydrogens is 1940 g/mol. The van der Waals surface area contributed by atoms with Crippen molar-refractivity contribution in [1.29, 1.82) is 0 Å². The largest absolute Gasteiger partial charge is 0.363 e. The Balaban J connectivity index is 0.000000209. The van der Waals surface area contributed by atoms with E-state index in [1.807, 2.05) is 118 Å². The van der Waals surface area contributed by atoms with E-state index in [1.165, 1.54) is 34.9 Å². The summed E-state index contributed by atoms with van der Waals surface area (Å²) in [5.41, 5.74) is 1.75. The van der Waals surface area contributed by atoms with Gasteiger partial charge in [-0.3, -0.25) is 57.5 Å². The van der Waals surface area contributed by atoms with Gasteiger partial charge in [-0.05, 0) is 147 Å². The Morgan fingerprint density at radius 3 is 0.973 bits per heavy atom. The van der Waals surface area contributed by atoms with E-state index in [9.17, 15) is 97.2 Å². The first-order valence-electron chi connectivity index (χ1n) is 53.0. The van der Waals surface area contributed by atoms with E-state index in [-0.39, 0.29) is 139 Å². The zero-order valence-corrected chi connectivity index (χ0v) is 92.6. The van der Waals surface area contributed by atoms with Crippen LogP contribution >= 0.6 is 0 Å². The van der Waals surface area contributed by atoms with E-state index in [2.05, 4.69) is 104 Å². The van der Waals surface area contributed by atoms with Crippen molar-refractivity contribution in [1.82, 2.24) is 90.8 Å². The molecule has 7 saturated carbocycles. The third-order valence-electron chi connectivity index (χ3n) is 34.1. The molecule has 6 aliphatic heterocycles. The minimum atomic E-state index is -3.63. The van der Waals surface area contributed by atoms with Gasteiger partial charge in [0.1, 0.15) is 36.3 Å². The molecule has 0 spiro atoms. The van der Waals surface area contributed by atoms with Gasteiger partial charge in [0.2, 0.25) is 72.8 Å². The molecule has 13 aliphatic rings. The van der Waals surface area contributed by atoms with Gasteiger partial charge in [0.05, 0.1) is 29.6 Å². The van der Waals surface area contributed by atoms with Crippen LogP contribution < -0.4 is 68.9 Å². The maximum Gasteiger partial charge on any atom is 0.315 e. The minimum absolute atomic E-state index is 0.0548. The number of nitrogens with two attached hydrogens (primary N) is 1. The van der Waals surface area contributed by atoms with Gasteiger partial charge in [0, 0.05) is 96.7 Å². The molecule has 6 saturated heterocycles. The summed E-state index contributed by atoms with van der Waals surface area (Å²) in [5.74, 6) is -7.00. The van der Waals surface area contributed by atoms with Crippen molar-refractivity contribution in [2.75, 3.05) is 90.0 Å². The normalized spacial score (nSPS) is 27.2. The van der Waals surface area contributed by atoms with Gasteiger partial charge in [-0.2, -0.15) is 21.3 Å². The second-order valence-electron chi connectivity index (χ2n) is 50.8. The highest BCUT2D eigenvalue weighted by atomic mass is 32.2. The van der Waals surface area contributed by atoms with E-state index in [1.54, 1.807) is 4.90 Å². The van der Waals surface area contributed by atoms with E-state index >= 15 is 0 Å². The number of nitrogens with one attached hydrogen (secondary N) is 12. The quantitative estimate of drug-likeness (QED) is 0.0273. The first-order valence-corrected chi connectivity index (χ1v) is 57.7. The van der Waals surface area contributed by atoms with Crippen LogP contribution in [-0.4, -0.2) is 304 Å². The van der Waals surface area contributed by atoms with Gasteiger partial charge in [-0.1, -0.05) is 235 Å². The molecule has 7 aliphatic carbocycles. The molecule has 0 radical (unpaired) electrons. The highest BCUT2D eigenvalue weighted by Gasteiger charge is 2.73. The second kappa shape index (κ2) is 45.8. The van der Waals surface area contributed by atoms with Crippen LogP contribution in [0.5, 0.6) is 0 Å². The maximum atomic E-state index is 14.7. The first kappa shape index (κ1) is 117. The van der Waals surface area contributed by atoms with Crippen molar-refractivity contribution in [3.8, 4) is 0 Å². The summed E-state index contributed by atoms with van der Waals surface area (Å²) in [5, 5.41) is 31.2. The Bertz CT molecular complexity index is 5250. The van der Waals surface area contributed by atoms with Crippen molar-refractivity contribution in [3.63, 3.8) is 0 Å². The number of carbonyl (C=O) groups is 15. The first-order chi connectivity index (χ1) is 67.6. The number of hydrogen-bond acceptors (Lipinski definition) is 21. The lowest BCUT2D eigenvalue weighted by Gasteiger charge is -2.39. The van der Waals surface area contributed by atoms with Crippen LogP contribution in [-0.2, 0) is 87.8 Å². The molecule has 146 heavy (non-hydrogen) atoms. The molecule has 0 aromatic rings. The van der Waals surface area contributed by atoms with Gasteiger partial charge in [-0.15, -0.1) is 13.2 Å². The van der Waals surface area contributed by atoms with Crippen molar-refractivity contribution in [3.05, 3.63) is 25.3 Å². The SMILES string of the molecule is C=CCNC(=O)C(=O)C(CC1CCC1)NC(=O)[C@@H]1[C@@H]2[C@H](CN1C(=O)[C@@H](NC(=O)N[C@H](CN1CCCS1(=O)=O)C(C)(C)C)C(C)(C)C)C2(C)C.C=CCNC(=O)C(=O)C(CC1CCC1)NC(=O)[C@@H]1[C@@H]2[C@H](CN1C(=O)[C@@H](NC(=O)N[C@H](CN1CCCS1(=O)=O)C(C)(C)C)C1CCCCC1)C2(C)C.CC(C)(C)[C@H](NC(=O)N[C@H](CN1CCNS1(=O)=O)C(C)(C)C)C(=O)N1C[C@H]2[C@@H]([C@H]1C(=O)NC(CC1CCC1)C(=O)C(N)=O)C2(C)C. The fourth-order valence-corrected chi connectivity index (χ4v) is 27.7. The monoisotopic (exact) mass is 2110 g/mol. The predicted molar refractivity (Wildman–Crippen MR) is 551 cm³/mol. The molecule has 13 rings (SSSR count). The van der Waals surface area contributed by atoms with Crippen molar-refractivity contribution in [2.45, 2.75) is 340 Å². The summed E-state index contributed by atoms with van der Waals surface area (Å²) in [6.45, 7) is 50.7. The third-order valence-corrected chi connectivity index (χ3v) is 39.5. The van der Waals surface area contributed by atoms with E-state index in [4.69, 9.17) is 5.73 Å². The topological polar surface area (TPSA) is 548 Å². The van der Waals surface area contributed by atoms with Gasteiger partial charge in [-0.25, -0.2) is 35.9 Å². The van der Waals surface area contributed by atoms with Crippen LogP contribution in [0.2, 0.25) is 0 Å². The molecule has 13 fully saturated rings. The summed E-state index contributed by atoms with van der Waals surface area (Å²) in [6, 6.07) is -12.0. The number of sulfonamides is 2. The number of amides is 15. The van der Waals surface area contributed by atoms with Gasteiger partial charge in [0.25, 0.3) is 27.9 Å². The fraction of sp³-hybridized carbons (Fsp3) is 0.816. The number of piperidine rings is 3. The molecule has 6 heterocycles. The number of urea groups is 3. The molecule has 40 nitrogen and oxygen atoms in total. The molecule has 0 bridgehead atoms. The minimum Gasteiger partial charge on any atom is -0.363 e. The zero-order chi connectivity index (χ0) is 109. The number of likely N-dealkylation sites (tertiary alicyclic amines) is 3. The molecule has 3 unspecified atom stereocenters. The molecule has 822 valence electrons. The highest BCUT2D eigenvalue weighted by molar-refractivity contribution is 7.89. The average Bonchev–Trinajstić information content (AvgIpc) is 1.53. The van der Waals surface area contributed by atoms with Crippen molar-refractivity contribution < 1.29 is 97.2 Å². The highest BCUT2D eigenvalue weighted by Crippen LogP contribution is 2.67. The summed E-state index contributed by atoms with van der Waals surface area (Å²) < 4.78 is 81.7. The number of hydrogen-bond donors (Lipinski definition) is 13. The number of ketones is 3. The Labute approximate surface area is 865 Å². The molecule has 0 aromatic heterocycles. The number of carbonyl (C=O) groups excluding carboxylic acids is 15. The van der Waals surface area contributed by atoms with Gasteiger partial charge < -0.3 is 78.9 Å². The lowest BCUT2D eigenvalue weighted by Crippen LogP contribution is -2.62. The summed E-state index contributed by atoms with van der Waals surface area (Å²) in [7, 11) is -10.4. The van der Waals surface area contributed by atoms with Crippen LogP contribution in [0, 0.1) is 102 Å². The van der Waals surface area contributed by atoms with E-state index in [0.29, 0.717) is 64.8 Å². The number of nitrogens with zero attached hydrogens (tertiary/aromatic N) is 6. The van der Waals surface area contributed by atoms with Gasteiger partial charge in [0.15, 0.2) is 0 Å². The van der Waals surface area contributed by atoms with Crippen LogP contribution in [0.3, 0.4) is 0 Å². The number of Topliss-reactive ketones (excluding diaryl/α,β-unsaturated/α-hetero) is 3. The predicted octanol–water partition coefficient (Wildman–Crippen LogP) is 5.37. The van der Waals surface area contributed by atoms with Crippen LogP contribution in [0.1, 0.15) is 267 Å². The summed E-state index contributed by atoms with van der Waals surface area (Å²) >= 11 is 0. The Kier molecular flexibility index (Phi) is 36.8. The molecule has 14 N–H and O–H groups in total. The third kappa shape index (κ3) is 27.8. The fourth-order valence-electron chi connectivity index (χ4n) is 23.5.